The second-order valence-electron chi connectivity index (χ2n) is 5.55. The van der Waals surface area contributed by atoms with Crippen molar-refractivity contribution >= 4 is 11.8 Å². The first-order chi connectivity index (χ1) is 8.54. The molecule has 0 heterocycles. The summed E-state index contributed by atoms with van der Waals surface area (Å²) in [5.74, 6) is 1.06. The summed E-state index contributed by atoms with van der Waals surface area (Å²) in [5, 5.41) is 12.6. The fourth-order valence-corrected chi connectivity index (χ4v) is 2.69. The van der Waals surface area contributed by atoms with Crippen LogP contribution in [0.5, 0.6) is 0 Å². The highest BCUT2D eigenvalue weighted by Crippen LogP contribution is 2.22. The Hall–Kier alpha value is -0.510. The summed E-state index contributed by atoms with van der Waals surface area (Å²) in [6.45, 7) is 7.86. The second-order valence-corrected chi connectivity index (χ2v) is 6.71. The van der Waals surface area contributed by atoms with E-state index in [0.717, 1.165) is 18.7 Å². The molecule has 0 amide bonds. The molecule has 1 atom stereocenters. The molecule has 0 spiro atoms. The monoisotopic (exact) mass is 267 g/mol. The van der Waals surface area contributed by atoms with E-state index in [9.17, 15) is 0 Å². The predicted octanol–water partition coefficient (Wildman–Crippen LogP) is 3.17. The van der Waals surface area contributed by atoms with Crippen molar-refractivity contribution in [3.05, 3.63) is 30.3 Å². The summed E-state index contributed by atoms with van der Waals surface area (Å²) in [7, 11) is 0. The summed E-state index contributed by atoms with van der Waals surface area (Å²) < 4.78 is 0. The standard InChI is InChI=1S/C15H25NOS/c1-15(2,3)14(9-11-17)16-10-12-18-13-7-5-4-6-8-13/h4-8,14,16-17H,9-12H2,1-3H3. The molecule has 1 rings (SSSR count). The molecule has 1 aromatic carbocycles. The fraction of sp³-hybridized carbons (Fsp3) is 0.600. The molecule has 2 N–H and O–H groups in total. The van der Waals surface area contributed by atoms with E-state index in [4.69, 9.17) is 5.11 Å². The summed E-state index contributed by atoms with van der Waals surface area (Å²) in [4.78, 5) is 1.31. The SMILES string of the molecule is CC(C)(C)C(CCO)NCCSc1ccccc1. The third kappa shape index (κ3) is 5.89. The maximum atomic E-state index is 9.09. The lowest BCUT2D eigenvalue weighted by Crippen LogP contribution is -2.42. The first-order valence-electron chi connectivity index (χ1n) is 6.56. The number of thioether (sulfide) groups is 1. The summed E-state index contributed by atoms with van der Waals surface area (Å²) >= 11 is 1.87. The molecule has 2 nitrogen and oxygen atoms in total. The highest BCUT2D eigenvalue weighted by atomic mass is 32.2. The van der Waals surface area contributed by atoms with Gasteiger partial charge in [0, 0.05) is 29.8 Å². The van der Waals surface area contributed by atoms with Crippen molar-refractivity contribution in [1.29, 1.82) is 0 Å². The lowest BCUT2D eigenvalue weighted by atomic mass is 9.85. The van der Waals surface area contributed by atoms with E-state index in [-0.39, 0.29) is 12.0 Å². The quantitative estimate of drug-likeness (QED) is 0.588. The topological polar surface area (TPSA) is 32.3 Å². The van der Waals surface area contributed by atoms with E-state index in [0.29, 0.717) is 6.04 Å². The van der Waals surface area contributed by atoms with Gasteiger partial charge in [0.15, 0.2) is 0 Å². The molecule has 1 aromatic rings. The number of benzene rings is 1. The number of nitrogens with one attached hydrogen (secondary N) is 1. The Kier molecular flexibility index (Phi) is 6.76. The Balaban J connectivity index is 2.27. The second kappa shape index (κ2) is 7.82. The van der Waals surface area contributed by atoms with Crippen LogP contribution in [-0.2, 0) is 0 Å². The Morgan fingerprint density at radius 2 is 1.89 bits per heavy atom. The Bertz CT molecular complexity index is 321. The molecular formula is C15H25NOS. The maximum Gasteiger partial charge on any atom is 0.0446 e. The molecule has 102 valence electrons. The molecule has 0 saturated carbocycles. The normalized spacial score (nSPS) is 13.6. The molecule has 0 fully saturated rings. The third-order valence-corrected chi connectivity index (χ3v) is 3.98. The molecule has 1 unspecified atom stereocenters. The minimum Gasteiger partial charge on any atom is -0.396 e. The highest BCUT2D eigenvalue weighted by molar-refractivity contribution is 7.99. The van der Waals surface area contributed by atoms with Crippen molar-refractivity contribution in [3.8, 4) is 0 Å². The van der Waals surface area contributed by atoms with Gasteiger partial charge in [0.2, 0.25) is 0 Å². The average Bonchev–Trinajstić information content (AvgIpc) is 2.33. The van der Waals surface area contributed by atoms with E-state index < -0.39 is 0 Å². The lowest BCUT2D eigenvalue weighted by molar-refractivity contribution is 0.200. The van der Waals surface area contributed by atoms with Gasteiger partial charge >= 0.3 is 0 Å². The van der Waals surface area contributed by atoms with Crippen LogP contribution in [0.4, 0.5) is 0 Å². The van der Waals surface area contributed by atoms with Crippen LogP contribution < -0.4 is 5.32 Å². The van der Waals surface area contributed by atoms with Crippen molar-refractivity contribution < 1.29 is 5.11 Å². The number of aliphatic hydroxyl groups is 1. The number of aliphatic hydroxyl groups excluding tert-OH is 1. The van der Waals surface area contributed by atoms with Gasteiger partial charge in [-0.2, -0.15) is 0 Å². The van der Waals surface area contributed by atoms with E-state index in [1.165, 1.54) is 4.90 Å². The predicted molar refractivity (Wildman–Crippen MR) is 80.1 cm³/mol. The van der Waals surface area contributed by atoms with Gasteiger partial charge in [0.25, 0.3) is 0 Å². The molecule has 0 aromatic heterocycles. The van der Waals surface area contributed by atoms with Crippen LogP contribution in [0, 0.1) is 5.41 Å². The van der Waals surface area contributed by atoms with E-state index in [2.05, 4.69) is 50.4 Å². The first-order valence-corrected chi connectivity index (χ1v) is 7.54. The number of hydrogen-bond donors (Lipinski definition) is 2. The number of rotatable bonds is 7. The van der Waals surface area contributed by atoms with E-state index in [1.54, 1.807) is 0 Å². The molecule has 0 aliphatic heterocycles. The average molecular weight is 267 g/mol. The zero-order valence-corrected chi connectivity index (χ0v) is 12.5. The smallest absolute Gasteiger partial charge is 0.0446 e. The van der Waals surface area contributed by atoms with Crippen LogP contribution in [0.2, 0.25) is 0 Å². The number of hydrogen-bond acceptors (Lipinski definition) is 3. The zero-order valence-electron chi connectivity index (χ0n) is 11.6. The Labute approximate surface area is 115 Å². The third-order valence-electron chi connectivity index (χ3n) is 2.97. The molecular weight excluding hydrogens is 242 g/mol. The molecule has 0 saturated heterocycles. The molecule has 0 aliphatic carbocycles. The van der Waals surface area contributed by atoms with Gasteiger partial charge in [-0.25, -0.2) is 0 Å². The first kappa shape index (κ1) is 15.5. The summed E-state index contributed by atoms with van der Waals surface area (Å²) in [6, 6.07) is 10.8. The minimum absolute atomic E-state index is 0.195. The highest BCUT2D eigenvalue weighted by Gasteiger charge is 2.22. The minimum atomic E-state index is 0.195. The Morgan fingerprint density at radius 3 is 2.44 bits per heavy atom. The van der Waals surface area contributed by atoms with Crippen molar-refractivity contribution in [1.82, 2.24) is 5.32 Å². The van der Waals surface area contributed by atoms with Gasteiger partial charge < -0.3 is 10.4 Å². The van der Waals surface area contributed by atoms with Crippen LogP contribution in [0.25, 0.3) is 0 Å². The van der Waals surface area contributed by atoms with E-state index in [1.807, 2.05) is 17.8 Å². The van der Waals surface area contributed by atoms with E-state index >= 15 is 0 Å². The largest absolute Gasteiger partial charge is 0.396 e. The summed E-state index contributed by atoms with van der Waals surface area (Å²) in [5.41, 5.74) is 0.195. The van der Waals surface area contributed by atoms with Crippen LogP contribution in [0.15, 0.2) is 35.2 Å². The molecule has 3 heteroatoms. The van der Waals surface area contributed by atoms with Crippen LogP contribution in [-0.4, -0.2) is 30.1 Å². The molecule has 0 bridgehead atoms. The Morgan fingerprint density at radius 1 is 1.22 bits per heavy atom. The van der Waals surface area contributed by atoms with Crippen molar-refractivity contribution in [3.63, 3.8) is 0 Å². The molecule has 0 radical (unpaired) electrons. The maximum absolute atomic E-state index is 9.09. The van der Waals surface area contributed by atoms with Gasteiger partial charge in [-0.05, 0) is 24.0 Å². The van der Waals surface area contributed by atoms with Gasteiger partial charge in [-0.1, -0.05) is 39.0 Å². The van der Waals surface area contributed by atoms with Gasteiger partial charge in [-0.15, -0.1) is 11.8 Å². The molecule has 18 heavy (non-hydrogen) atoms. The zero-order chi connectivity index (χ0) is 13.4. The van der Waals surface area contributed by atoms with Gasteiger partial charge in [-0.3, -0.25) is 0 Å². The van der Waals surface area contributed by atoms with Crippen LogP contribution in [0.1, 0.15) is 27.2 Å². The van der Waals surface area contributed by atoms with Crippen molar-refractivity contribution in [2.24, 2.45) is 5.41 Å². The summed E-state index contributed by atoms with van der Waals surface area (Å²) in [6.07, 6.45) is 0.819. The van der Waals surface area contributed by atoms with Crippen LogP contribution in [0.3, 0.4) is 0 Å². The fourth-order valence-electron chi connectivity index (χ4n) is 1.89. The van der Waals surface area contributed by atoms with Gasteiger partial charge in [0.1, 0.15) is 0 Å². The van der Waals surface area contributed by atoms with Gasteiger partial charge in [0.05, 0.1) is 0 Å². The van der Waals surface area contributed by atoms with Crippen LogP contribution >= 0.6 is 11.8 Å². The molecule has 0 aliphatic rings. The van der Waals surface area contributed by atoms with Crippen molar-refractivity contribution in [2.45, 2.75) is 38.1 Å². The lowest BCUT2D eigenvalue weighted by Gasteiger charge is -2.31. The van der Waals surface area contributed by atoms with Crippen molar-refractivity contribution in [2.75, 3.05) is 18.9 Å².